The summed E-state index contributed by atoms with van der Waals surface area (Å²) >= 11 is 5.83. The van der Waals surface area contributed by atoms with Crippen molar-refractivity contribution in [3.63, 3.8) is 0 Å². The molecular formula is C20H18ClN3O6S. The van der Waals surface area contributed by atoms with Crippen molar-refractivity contribution in [3.8, 4) is 5.75 Å². The topological polar surface area (TPSA) is 128 Å². The second kappa shape index (κ2) is 8.78. The Morgan fingerprint density at radius 3 is 2.45 bits per heavy atom. The number of benzene rings is 2. The molecule has 162 valence electrons. The zero-order valence-corrected chi connectivity index (χ0v) is 18.0. The average Bonchev–Trinajstić information content (AvgIpc) is 3.23. The summed E-state index contributed by atoms with van der Waals surface area (Å²) in [6.07, 6.45) is 2.51. The lowest BCUT2D eigenvalue weighted by molar-refractivity contribution is -0.140. The maximum atomic E-state index is 13.0. The Kier molecular flexibility index (Phi) is 6.32. The first kappa shape index (κ1) is 22.3. The van der Waals surface area contributed by atoms with Gasteiger partial charge in [-0.3, -0.25) is 9.48 Å². The number of halogens is 1. The number of sulfone groups is 1. The van der Waals surface area contributed by atoms with E-state index in [4.69, 9.17) is 21.4 Å². The number of methoxy groups -OCH3 is 1. The Morgan fingerprint density at radius 1 is 1.16 bits per heavy atom. The lowest BCUT2D eigenvalue weighted by Gasteiger charge is -2.11. The van der Waals surface area contributed by atoms with Crippen LogP contribution in [-0.2, 0) is 14.6 Å². The smallest absolute Gasteiger partial charge is 0.328 e. The van der Waals surface area contributed by atoms with E-state index in [1.165, 1.54) is 68.9 Å². The lowest BCUT2D eigenvalue weighted by atomic mass is 10.2. The highest BCUT2D eigenvalue weighted by Gasteiger charge is 2.21. The Bertz CT molecular complexity index is 1240. The predicted molar refractivity (Wildman–Crippen MR) is 112 cm³/mol. The number of ether oxygens (including phenoxy) is 1. The standard InChI is InChI=1S/C20H18ClN3O6S/c1-12(20(26)27)24-11-13(10-22-24)19(25)23-15-7-16(30-2)9-18(8-15)31(28,29)17-5-3-14(21)4-6-17/h3-12H,1-2H3,(H,23,25)(H,26,27). The van der Waals surface area contributed by atoms with Gasteiger partial charge in [-0.2, -0.15) is 5.10 Å². The molecule has 0 aliphatic rings. The van der Waals surface area contributed by atoms with Crippen LogP contribution in [0.25, 0.3) is 0 Å². The van der Waals surface area contributed by atoms with Crippen LogP contribution in [-0.4, -0.2) is 42.3 Å². The molecule has 2 aromatic carbocycles. The highest BCUT2D eigenvalue weighted by molar-refractivity contribution is 7.91. The summed E-state index contributed by atoms with van der Waals surface area (Å²) in [4.78, 5) is 23.6. The molecule has 11 heteroatoms. The van der Waals surface area contributed by atoms with Crippen LogP contribution in [0.3, 0.4) is 0 Å². The highest BCUT2D eigenvalue weighted by Crippen LogP contribution is 2.29. The van der Waals surface area contributed by atoms with Gasteiger partial charge in [-0.15, -0.1) is 0 Å². The van der Waals surface area contributed by atoms with Gasteiger partial charge >= 0.3 is 5.97 Å². The molecule has 2 N–H and O–H groups in total. The molecule has 0 radical (unpaired) electrons. The molecule has 3 aromatic rings. The fraction of sp³-hybridized carbons (Fsp3) is 0.150. The Morgan fingerprint density at radius 2 is 1.84 bits per heavy atom. The van der Waals surface area contributed by atoms with Crippen LogP contribution in [0.2, 0.25) is 5.02 Å². The van der Waals surface area contributed by atoms with Gasteiger partial charge in [0, 0.05) is 23.0 Å². The largest absolute Gasteiger partial charge is 0.497 e. The Labute approximate surface area is 183 Å². The molecule has 0 saturated heterocycles. The number of carbonyl (C=O) groups excluding carboxylic acids is 1. The van der Waals surface area contributed by atoms with Gasteiger partial charge in [-0.1, -0.05) is 11.6 Å². The van der Waals surface area contributed by atoms with E-state index >= 15 is 0 Å². The molecule has 0 fully saturated rings. The van der Waals surface area contributed by atoms with Crippen LogP contribution in [0.1, 0.15) is 23.3 Å². The van der Waals surface area contributed by atoms with Crippen LogP contribution in [0.15, 0.2) is 64.6 Å². The van der Waals surface area contributed by atoms with Crippen molar-refractivity contribution in [3.05, 3.63) is 65.4 Å². The predicted octanol–water partition coefficient (Wildman–Crippen LogP) is 3.28. The lowest BCUT2D eigenvalue weighted by Crippen LogP contribution is -2.16. The Balaban J connectivity index is 1.91. The van der Waals surface area contributed by atoms with Crippen LogP contribution in [0.5, 0.6) is 5.75 Å². The monoisotopic (exact) mass is 463 g/mol. The maximum absolute atomic E-state index is 13.0. The molecule has 1 heterocycles. The zero-order chi connectivity index (χ0) is 22.8. The summed E-state index contributed by atoms with van der Waals surface area (Å²) in [7, 11) is -2.53. The third-order valence-electron chi connectivity index (χ3n) is 4.43. The van der Waals surface area contributed by atoms with E-state index in [-0.39, 0.29) is 26.8 Å². The highest BCUT2D eigenvalue weighted by atomic mass is 35.5. The van der Waals surface area contributed by atoms with Crippen molar-refractivity contribution in [1.29, 1.82) is 0 Å². The van der Waals surface area contributed by atoms with Gasteiger partial charge in [-0.05, 0) is 43.3 Å². The van der Waals surface area contributed by atoms with E-state index in [1.54, 1.807) is 0 Å². The average molecular weight is 464 g/mol. The minimum Gasteiger partial charge on any atom is -0.497 e. The number of hydrogen-bond donors (Lipinski definition) is 2. The van der Waals surface area contributed by atoms with E-state index < -0.39 is 27.8 Å². The number of nitrogens with one attached hydrogen (secondary N) is 1. The van der Waals surface area contributed by atoms with Crippen molar-refractivity contribution in [1.82, 2.24) is 9.78 Å². The first-order chi connectivity index (χ1) is 14.6. The molecule has 9 nitrogen and oxygen atoms in total. The number of hydrogen-bond acceptors (Lipinski definition) is 6. The molecule has 0 aliphatic carbocycles. The van der Waals surface area contributed by atoms with E-state index in [2.05, 4.69) is 10.4 Å². The number of rotatable bonds is 7. The van der Waals surface area contributed by atoms with Crippen LogP contribution in [0, 0.1) is 0 Å². The van der Waals surface area contributed by atoms with Gasteiger partial charge in [0.15, 0.2) is 0 Å². The summed E-state index contributed by atoms with van der Waals surface area (Å²) in [5, 5.41) is 15.9. The molecular weight excluding hydrogens is 446 g/mol. The molecule has 0 aliphatic heterocycles. The van der Waals surface area contributed by atoms with Gasteiger partial charge in [-0.25, -0.2) is 13.2 Å². The second-order valence-electron chi connectivity index (χ2n) is 6.53. The molecule has 0 spiro atoms. The molecule has 0 saturated carbocycles. The summed E-state index contributed by atoms with van der Waals surface area (Å²) in [6, 6.07) is 8.85. The molecule has 1 atom stereocenters. The van der Waals surface area contributed by atoms with Crippen molar-refractivity contribution < 1.29 is 27.9 Å². The first-order valence-corrected chi connectivity index (χ1v) is 10.8. The van der Waals surface area contributed by atoms with Crippen LogP contribution < -0.4 is 10.1 Å². The van der Waals surface area contributed by atoms with Crippen LogP contribution in [0.4, 0.5) is 5.69 Å². The summed E-state index contributed by atoms with van der Waals surface area (Å²) in [5.74, 6) is -1.47. The van der Waals surface area contributed by atoms with Crippen molar-refractivity contribution in [2.24, 2.45) is 0 Å². The first-order valence-electron chi connectivity index (χ1n) is 8.90. The fourth-order valence-electron chi connectivity index (χ4n) is 2.65. The number of aromatic nitrogens is 2. The van der Waals surface area contributed by atoms with Gasteiger partial charge in [0.2, 0.25) is 9.84 Å². The molecule has 1 amide bonds. The fourth-order valence-corrected chi connectivity index (χ4v) is 4.10. The zero-order valence-electron chi connectivity index (χ0n) is 16.4. The number of carbonyl (C=O) groups is 2. The van der Waals surface area contributed by atoms with Crippen LogP contribution >= 0.6 is 11.6 Å². The molecule has 1 aromatic heterocycles. The van der Waals surface area contributed by atoms with E-state index in [0.29, 0.717) is 5.02 Å². The van der Waals surface area contributed by atoms with E-state index in [9.17, 15) is 18.0 Å². The molecule has 0 bridgehead atoms. The number of nitrogens with zero attached hydrogens (tertiary/aromatic N) is 2. The van der Waals surface area contributed by atoms with E-state index in [1.807, 2.05) is 0 Å². The second-order valence-corrected chi connectivity index (χ2v) is 8.92. The van der Waals surface area contributed by atoms with Crippen molar-refractivity contribution >= 4 is 39.0 Å². The summed E-state index contributed by atoms with van der Waals surface area (Å²) < 4.78 is 32.3. The van der Waals surface area contributed by atoms with Gasteiger partial charge in [0.1, 0.15) is 11.8 Å². The normalized spacial score (nSPS) is 12.2. The quantitative estimate of drug-likeness (QED) is 0.550. The third-order valence-corrected chi connectivity index (χ3v) is 6.43. The number of carboxylic acid groups (broad SMARTS) is 1. The van der Waals surface area contributed by atoms with Gasteiger partial charge in [0.25, 0.3) is 5.91 Å². The number of anilines is 1. The molecule has 3 rings (SSSR count). The minimum atomic E-state index is -3.90. The number of aliphatic carboxylic acids is 1. The summed E-state index contributed by atoms with van der Waals surface area (Å²) in [5.41, 5.74) is 0.286. The van der Waals surface area contributed by atoms with Gasteiger partial charge < -0.3 is 15.2 Å². The van der Waals surface area contributed by atoms with Crippen molar-refractivity contribution in [2.75, 3.05) is 12.4 Å². The molecule has 31 heavy (non-hydrogen) atoms. The Hall–Kier alpha value is -3.37. The minimum absolute atomic E-state index is 0.0337. The number of carboxylic acids is 1. The summed E-state index contributed by atoms with van der Waals surface area (Å²) in [6.45, 7) is 1.42. The SMILES string of the molecule is COc1cc(NC(=O)c2cnn(C(C)C(=O)O)c2)cc(S(=O)(=O)c2ccc(Cl)cc2)c1. The van der Waals surface area contributed by atoms with E-state index in [0.717, 1.165) is 4.68 Å². The number of amides is 1. The van der Waals surface area contributed by atoms with Gasteiger partial charge in [0.05, 0.1) is 28.7 Å². The maximum Gasteiger partial charge on any atom is 0.328 e. The molecule has 1 unspecified atom stereocenters. The third kappa shape index (κ3) is 4.86. The van der Waals surface area contributed by atoms with Crippen molar-refractivity contribution in [2.45, 2.75) is 22.8 Å².